The second-order valence-electron chi connectivity index (χ2n) is 7.03. The Morgan fingerprint density at radius 2 is 2.36 bits per heavy atom. The first-order valence-corrected chi connectivity index (χ1v) is 9.71. The van der Waals surface area contributed by atoms with E-state index in [0.29, 0.717) is 24.1 Å². The Labute approximate surface area is 152 Å². The molecule has 0 aliphatic carbocycles. The number of carbonyl (C=O) groups is 1. The first-order valence-electron chi connectivity index (χ1n) is 8.83. The molecule has 1 saturated heterocycles. The lowest BCUT2D eigenvalue weighted by Crippen LogP contribution is -2.32. The van der Waals surface area contributed by atoms with Crippen molar-refractivity contribution in [1.82, 2.24) is 30.2 Å². The minimum atomic E-state index is -0.118. The molecule has 0 radical (unpaired) electrons. The van der Waals surface area contributed by atoms with Gasteiger partial charge in [-0.25, -0.2) is 4.98 Å². The molecule has 3 rings (SSSR count). The molecule has 136 valence electrons. The van der Waals surface area contributed by atoms with Crippen LogP contribution in [-0.4, -0.2) is 50.9 Å². The van der Waals surface area contributed by atoms with Gasteiger partial charge in [-0.2, -0.15) is 0 Å². The van der Waals surface area contributed by atoms with E-state index in [4.69, 9.17) is 0 Å². The predicted octanol–water partition coefficient (Wildman–Crippen LogP) is 2.13. The van der Waals surface area contributed by atoms with E-state index in [0.717, 1.165) is 30.3 Å². The number of hydrogen-bond acceptors (Lipinski definition) is 6. The van der Waals surface area contributed by atoms with Gasteiger partial charge in [0.2, 0.25) is 0 Å². The van der Waals surface area contributed by atoms with Gasteiger partial charge in [-0.05, 0) is 31.8 Å². The highest BCUT2D eigenvalue weighted by Gasteiger charge is 2.19. The molecular weight excluding hydrogens is 336 g/mol. The molecular formula is C17H26N6OS. The third-order valence-electron chi connectivity index (χ3n) is 4.41. The van der Waals surface area contributed by atoms with Crippen molar-refractivity contribution in [1.29, 1.82) is 0 Å². The number of amides is 1. The normalized spacial score (nSPS) is 17.8. The highest BCUT2D eigenvalue weighted by Crippen LogP contribution is 2.20. The van der Waals surface area contributed by atoms with Crippen LogP contribution in [0.2, 0.25) is 0 Å². The van der Waals surface area contributed by atoms with Gasteiger partial charge < -0.3 is 10.2 Å². The van der Waals surface area contributed by atoms with Crippen LogP contribution in [0.5, 0.6) is 0 Å². The number of rotatable bonds is 6. The van der Waals surface area contributed by atoms with E-state index < -0.39 is 0 Å². The number of piperidine rings is 1. The Bertz CT molecular complexity index is 704. The zero-order valence-electron chi connectivity index (χ0n) is 15.1. The number of carbonyl (C=O) groups excluding carboxylic acids is 1. The van der Waals surface area contributed by atoms with Crippen LogP contribution in [0.15, 0.2) is 11.6 Å². The molecule has 1 amide bonds. The van der Waals surface area contributed by atoms with Crippen LogP contribution in [0.4, 0.5) is 0 Å². The van der Waals surface area contributed by atoms with Crippen LogP contribution in [-0.2, 0) is 13.1 Å². The fourth-order valence-electron chi connectivity index (χ4n) is 3.00. The minimum Gasteiger partial charge on any atom is -0.334 e. The van der Waals surface area contributed by atoms with Gasteiger partial charge in [0.15, 0.2) is 5.69 Å². The van der Waals surface area contributed by atoms with E-state index in [1.807, 2.05) is 5.38 Å². The molecule has 1 N–H and O–H groups in total. The fraction of sp³-hybridized carbons (Fsp3) is 0.647. The first-order chi connectivity index (χ1) is 12.0. The van der Waals surface area contributed by atoms with Crippen LogP contribution in [0.25, 0.3) is 0 Å². The number of aromatic nitrogens is 4. The van der Waals surface area contributed by atoms with Crippen molar-refractivity contribution in [3.63, 3.8) is 0 Å². The summed E-state index contributed by atoms with van der Waals surface area (Å²) in [6.07, 6.45) is 4.14. The number of hydrogen-bond donors (Lipinski definition) is 1. The van der Waals surface area contributed by atoms with Gasteiger partial charge in [0.25, 0.3) is 5.91 Å². The molecule has 0 bridgehead atoms. The second kappa shape index (κ2) is 8.05. The molecule has 3 heterocycles. The molecule has 0 unspecified atom stereocenters. The average Bonchev–Trinajstić information content (AvgIpc) is 3.25. The van der Waals surface area contributed by atoms with Gasteiger partial charge in [-0.3, -0.25) is 9.48 Å². The zero-order valence-corrected chi connectivity index (χ0v) is 15.9. The highest BCUT2D eigenvalue weighted by atomic mass is 32.1. The summed E-state index contributed by atoms with van der Waals surface area (Å²) >= 11 is 1.64. The van der Waals surface area contributed by atoms with Gasteiger partial charge in [-0.15, -0.1) is 16.4 Å². The van der Waals surface area contributed by atoms with Crippen molar-refractivity contribution in [3.05, 3.63) is 28.0 Å². The van der Waals surface area contributed by atoms with Gasteiger partial charge in [0.05, 0.1) is 23.4 Å². The predicted molar refractivity (Wildman–Crippen MR) is 97.6 cm³/mol. The lowest BCUT2D eigenvalue weighted by Gasteiger charge is -2.22. The summed E-state index contributed by atoms with van der Waals surface area (Å²) in [5, 5.41) is 14.7. The van der Waals surface area contributed by atoms with Crippen molar-refractivity contribution in [2.45, 2.75) is 45.7 Å². The number of nitrogens with one attached hydrogen (secondary N) is 1. The Balaban J connectivity index is 1.58. The van der Waals surface area contributed by atoms with Crippen molar-refractivity contribution >= 4 is 17.2 Å². The van der Waals surface area contributed by atoms with Crippen molar-refractivity contribution in [3.8, 4) is 0 Å². The summed E-state index contributed by atoms with van der Waals surface area (Å²) in [5.74, 6) is 0.849. The number of nitrogens with zero attached hydrogens (tertiary/aromatic N) is 5. The van der Waals surface area contributed by atoms with Gasteiger partial charge in [-0.1, -0.05) is 19.1 Å². The third-order valence-corrected chi connectivity index (χ3v) is 5.61. The largest absolute Gasteiger partial charge is 0.334 e. The topological polar surface area (TPSA) is 75.9 Å². The maximum Gasteiger partial charge on any atom is 0.276 e. The molecule has 1 atom stereocenters. The van der Waals surface area contributed by atoms with Crippen molar-refractivity contribution in [2.75, 3.05) is 20.1 Å². The Hall–Kier alpha value is -1.80. The zero-order chi connectivity index (χ0) is 17.8. The summed E-state index contributed by atoms with van der Waals surface area (Å²) < 4.78 is 1.79. The SMILES string of the molecule is CC(C)c1nc(CN(C)C(=O)c2cn(C[C@H]3CCCNC3)nn2)cs1. The summed E-state index contributed by atoms with van der Waals surface area (Å²) in [5.41, 5.74) is 1.32. The monoisotopic (exact) mass is 362 g/mol. The molecule has 7 nitrogen and oxygen atoms in total. The maximum atomic E-state index is 12.6. The minimum absolute atomic E-state index is 0.118. The fourth-order valence-corrected chi connectivity index (χ4v) is 3.83. The standard InChI is InChI=1S/C17H26N6OS/c1-12(2)16-19-14(11-25-16)9-22(3)17(24)15-10-23(21-20-15)8-13-5-4-6-18-7-13/h10-13,18H,4-9H2,1-3H3/t13-/m0/s1. The Morgan fingerprint density at radius 1 is 1.52 bits per heavy atom. The highest BCUT2D eigenvalue weighted by molar-refractivity contribution is 7.09. The third kappa shape index (κ3) is 4.64. The molecule has 0 aromatic carbocycles. The van der Waals surface area contributed by atoms with Crippen LogP contribution >= 0.6 is 11.3 Å². The molecule has 25 heavy (non-hydrogen) atoms. The first kappa shape index (κ1) is 18.0. The number of thiazole rings is 1. The molecule has 8 heteroatoms. The molecule has 0 saturated carbocycles. The van der Waals surface area contributed by atoms with Crippen LogP contribution in [0.1, 0.15) is 53.8 Å². The van der Waals surface area contributed by atoms with Crippen molar-refractivity contribution < 1.29 is 4.79 Å². The molecule has 0 spiro atoms. The summed E-state index contributed by atoms with van der Waals surface area (Å²) in [6, 6.07) is 0. The summed E-state index contributed by atoms with van der Waals surface area (Å²) in [6.45, 7) is 7.64. The Kier molecular flexibility index (Phi) is 5.80. The van der Waals surface area contributed by atoms with Crippen LogP contribution in [0.3, 0.4) is 0 Å². The molecule has 1 aliphatic rings. The summed E-state index contributed by atoms with van der Waals surface area (Å²) in [4.78, 5) is 18.8. The van der Waals surface area contributed by atoms with Gasteiger partial charge in [0.1, 0.15) is 0 Å². The Morgan fingerprint density at radius 3 is 3.04 bits per heavy atom. The lowest BCUT2D eigenvalue weighted by atomic mass is 10.00. The van der Waals surface area contributed by atoms with Gasteiger partial charge in [0, 0.05) is 24.9 Å². The smallest absolute Gasteiger partial charge is 0.276 e. The van der Waals surface area contributed by atoms with E-state index in [9.17, 15) is 4.79 Å². The lowest BCUT2D eigenvalue weighted by molar-refractivity contribution is 0.0777. The van der Waals surface area contributed by atoms with Crippen LogP contribution in [0, 0.1) is 5.92 Å². The van der Waals surface area contributed by atoms with E-state index in [1.165, 1.54) is 12.8 Å². The van der Waals surface area contributed by atoms with E-state index in [-0.39, 0.29) is 5.91 Å². The molecule has 1 fully saturated rings. The summed E-state index contributed by atoms with van der Waals surface area (Å²) in [7, 11) is 1.78. The van der Waals surface area contributed by atoms with Gasteiger partial charge >= 0.3 is 0 Å². The second-order valence-corrected chi connectivity index (χ2v) is 7.92. The maximum absolute atomic E-state index is 12.6. The quantitative estimate of drug-likeness (QED) is 0.852. The molecule has 2 aromatic heterocycles. The molecule has 1 aliphatic heterocycles. The van der Waals surface area contributed by atoms with Crippen molar-refractivity contribution in [2.24, 2.45) is 5.92 Å². The van der Waals surface area contributed by atoms with Crippen LogP contribution < -0.4 is 5.32 Å². The molecule has 2 aromatic rings. The van der Waals surface area contributed by atoms with E-state index >= 15 is 0 Å². The van der Waals surface area contributed by atoms with E-state index in [2.05, 4.69) is 34.5 Å². The van der Waals surface area contributed by atoms with E-state index in [1.54, 1.807) is 34.2 Å². The average molecular weight is 363 g/mol.